The quantitative estimate of drug-likeness (QED) is 0.699. The van der Waals surface area contributed by atoms with Gasteiger partial charge in [-0.2, -0.15) is 0 Å². The fraction of sp³-hybridized carbons (Fsp3) is 0.294. The molecule has 0 saturated heterocycles. The van der Waals surface area contributed by atoms with Crippen molar-refractivity contribution < 1.29 is 21.6 Å². The second-order valence-electron chi connectivity index (χ2n) is 5.54. The highest BCUT2D eigenvalue weighted by molar-refractivity contribution is 7.92. The number of hydrogen-bond acceptors (Lipinski definition) is 5. The largest absolute Gasteiger partial charge is 0.457 e. The zero-order valence-electron chi connectivity index (χ0n) is 14.6. The molecule has 0 amide bonds. The predicted molar refractivity (Wildman–Crippen MR) is 103 cm³/mol. The molecule has 0 spiro atoms. The molecule has 1 N–H and O–H groups in total. The Balaban J connectivity index is 2.11. The second-order valence-corrected chi connectivity index (χ2v) is 9.54. The van der Waals surface area contributed by atoms with Gasteiger partial charge in [-0.25, -0.2) is 21.6 Å². The zero-order valence-corrected chi connectivity index (χ0v) is 16.3. The summed E-state index contributed by atoms with van der Waals surface area (Å²) in [6, 6.07) is 15.8. The van der Waals surface area contributed by atoms with Crippen LogP contribution in [0.1, 0.15) is 6.92 Å². The minimum Gasteiger partial charge on any atom is -0.457 e. The highest BCUT2D eigenvalue weighted by Gasteiger charge is 2.18. The molecule has 0 aliphatic rings. The lowest BCUT2D eigenvalue weighted by Crippen LogP contribution is -2.38. The van der Waals surface area contributed by atoms with Gasteiger partial charge in [0.05, 0.1) is 17.7 Å². The van der Waals surface area contributed by atoms with Gasteiger partial charge in [-0.1, -0.05) is 18.2 Å². The lowest BCUT2D eigenvalue weighted by molar-refractivity contribution is 0.482. The van der Waals surface area contributed by atoms with E-state index in [4.69, 9.17) is 4.74 Å². The second kappa shape index (κ2) is 8.52. The Morgan fingerprint density at radius 2 is 1.50 bits per heavy atom. The highest BCUT2D eigenvalue weighted by atomic mass is 32.2. The van der Waals surface area contributed by atoms with E-state index in [0.717, 1.165) is 10.6 Å². The lowest BCUT2D eigenvalue weighted by Gasteiger charge is -2.22. The molecule has 0 heterocycles. The summed E-state index contributed by atoms with van der Waals surface area (Å²) in [6.07, 6.45) is 1.08. The lowest BCUT2D eigenvalue weighted by atomic mass is 10.3. The molecule has 142 valence electrons. The normalized spacial score (nSPS) is 11.9. The molecule has 2 aromatic rings. The van der Waals surface area contributed by atoms with Crippen molar-refractivity contribution in [2.24, 2.45) is 0 Å². The first-order chi connectivity index (χ1) is 12.2. The van der Waals surface area contributed by atoms with Crippen molar-refractivity contribution in [2.45, 2.75) is 6.92 Å². The zero-order chi connectivity index (χ0) is 19.2. The minimum absolute atomic E-state index is 0.00302. The van der Waals surface area contributed by atoms with Crippen molar-refractivity contribution in [1.29, 1.82) is 0 Å². The van der Waals surface area contributed by atoms with Crippen LogP contribution in [0.15, 0.2) is 54.6 Å². The van der Waals surface area contributed by atoms with Gasteiger partial charge in [0.15, 0.2) is 0 Å². The van der Waals surface area contributed by atoms with E-state index in [1.54, 1.807) is 24.3 Å². The maximum absolute atomic E-state index is 12.1. The minimum atomic E-state index is -3.56. The van der Waals surface area contributed by atoms with Crippen molar-refractivity contribution in [3.05, 3.63) is 54.6 Å². The summed E-state index contributed by atoms with van der Waals surface area (Å²) in [6.45, 7) is 1.50. The van der Waals surface area contributed by atoms with Crippen LogP contribution in [0.5, 0.6) is 11.5 Å². The van der Waals surface area contributed by atoms with E-state index in [1.165, 1.54) is 6.92 Å². The van der Waals surface area contributed by atoms with Crippen molar-refractivity contribution in [3.63, 3.8) is 0 Å². The van der Waals surface area contributed by atoms with Gasteiger partial charge in [0, 0.05) is 13.1 Å². The average molecular weight is 399 g/mol. The SMILES string of the molecule is CCS(=O)(=O)NCCN(c1ccc(Oc2ccccc2)cc1)S(C)(=O)=O. The van der Waals surface area contributed by atoms with Crippen molar-refractivity contribution in [3.8, 4) is 11.5 Å². The van der Waals surface area contributed by atoms with Crippen LogP contribution in [0.25, 0.3) is 0 Å². The topological polar surface area (TPSA) is 92.8 Å². The molecule has 2 rings (SSSR count). The van der Waals surface area contributed by atoms with Gasteiger partial charge in [0.1, 0.15) is 11.5 Å². The number of hydrogen-bond donors (Lipinski definition) is 1. The number of ether oxygens (including phenoxy) is 1. The third-order valence-electron chi connectivity index (χ3n) is 3.52. The van der Waals surface area contributed by atoms with Crippen LogP contribution in [0, 0.1) is 0 Å². The van der Waals surface area contributed by atoms with E-state index in [1.807, 2.05) is 30.3 Å². The highest BCUT2D eigenvalue weighted by Crippen LogP contribution is 2.25. The van der Waals surface area contributed by atoms with Gasteiger partial charge in [-0.05, 0) is 43.3 Å². The Bertz CT molecular complexity index is 911. The van der Waals surface area contributed by atoms with E-state index < -0.39 is 20.0 Å². The average Bonchev–Trinajstić information content (AvgIpc) is 2.60. The monoisotopic (exact) mass is 398 g/mol. The first-order valence-corrected chi connectivity index (χ1v) is 11.5. The molecule has 0 saturated carbocycles. The Kier molecular flexibility index (Phi) is 6.63. The van der Waals surface area contributed by atoms with Gasteiger partial charge >= 0.3 is 0 Å². The smallest absolute Gasteiger partial charge is 0.232 e. The van der Waals surface area contributed by atoms with Crippen LogP contribution in [-0.4, -0.2) is 41.9 Å². The summed E-state index contributed by atoms with van der Waals surface area (Å²) in [7, 11) is -6.93. The van der Waals surface area contributed by atoms with Gasteiger partial charge in [-0.15, -0.1) is 0 Å². The molecule has 9 heteroatoms. The summed E-state index contributed by atoms with van der Waals surface area (Å²) in [5, 5.41) is 0. The molecule has 0 aliphatic heterocycles. The number of anilines is 1. The number of sulfonamides is 2. The molecule has 7 nitrogen and oxygen atoms in total. The Morgan fingerprint density at radius 1 is 0.923 bits per heavy atom. The van der Waals surface area contributed by atoms with Crippen LogP contribution in [0.3, 0.4) is 0 Å². The molecule has 0 atom stereocenters. The van der Waals surface area contributed by atoms with Crippen molar-refractivity contribution in [1.82, 2.24) is 4.72 Å². The van der Waals surface area contributed by atoms with Gasteiger partial charge < -0.3 is 4.74 Å². The van der Waals surface area contributed by atoms with Crippen LogP contribution in [0.2, 0.25) is 0 Å². The van der Waals surface area contributed by atoms with E-state index in [9.17, 15) is 16.8 Å². The third-order valence-corrected chi connectivity index (χ3v) is 6.12. The van der Waals surface area contributed by atoms with Gasteiger partial charge in [-0.3, -0.25) is 4.31 Å². The molecule has 0 fully saturated rings. The van der Waals surface area contributed by atoms with Crippen LogP contribution < -0.4 is 13.8 Å². The Morgan fingerprint density at radius 3 is 2.04 bits per heavy atom. The summed E-state index contributed by atoms with van der Waals surface area (Å²) >= 11 is 0. The van der Waals surface area contributed by atoms with E-state index in [-0.39, 0.29) is 18.8 Å². The van der Waals surface area contributed by atoms with Crippen molar-refractivity contribution in [2.75, 3.05) is 29.4 Å². The molecule has 26 heavy (non-hydrogen) atoms. The molecule has 0 radical (unpaired) electrons. The molecular formula is C17H22N2O5S2. The fourth-order valence-corrected chi connectivity index (χ4v) is 3.73. The van der Waals surface area contributed by atoms with Crippen LogP contribution in [0.4, 0.5) is 5.69 Å². The van der Waals surface area contributed by atoms with Crippen LogP contribution >= 0.6 is 0 Å². The number of nitrogens with zero attached hydrogens (tertiary/aromatic N) is 1. The predicted octanol–water partition coefficient (Wildman–Crippen LogP) is 2.18. The van der Waals surface area contributed by atoms with E-state index >= 15 is 0 Å². The van der Waals surface area contributed by atoms with Gasteiger partial charge in [0.25, 0.3) is 0 Å². The first-order valence-electron chi connectivity index (χ1n) is 7.99. The fourth-order valence-electron chi connectivity index (χ4n) is 2.20. The standard InChI is InChI=1S/C17H22N2O5S2/c1-3-26(22,23)18-13-14-19(25(2,20)21)15-9-11-17(12-10-15)24-16-7-5-4-6-8-16/h4-12,18H,3,13-14H2,1-2H3. The maximum atomic E-state index is 12.1. The van der Waals surface area contributed by atoms with Crippen molar-refractivity contribution >= 4 is 25.7 Å². The molecular weight excluding hydrogens is 376 g/mol. The summed E-state index contributed by atoms with van der Waals surface area (Å²) < 4.78 is 56.3. The first kappa shape index (κ1) is 20.2. The number of benzene rings is 2. The number of rotatable bonds is 9. The summed E-state index contributed by atoms with van der Waals surface area (Å²) in [4.78, 5) is 0. The van der Waals surface area contributed by atoms with E-state index in [0.29, 0.717) is 17.2 Å². The molecule has 0 unspecified atom stereocenters. The number of nitrogens with one attached hydrogen (secondary N) is 1. The van der Waals surface area contributed by atoms with E-state index in [2.05, 4.69) is 4.72 Å². The molecule has 0 bridgehead atoms. The Hall–Kier alpha value is -2.10. The Labute approximate surface area is 154 Å². The third kappa shape index (κ3) is 6.01. The molecule has 0 aromatic heterocycles. The summed E-state index contributed by atoms with van der Waals surface area (Å²) in [5.74, 6) is 1.19. The maximum Gasteiger partial charge on any atom is 0.232 e. The molecule has 0 aliphatic carbocycles. The molecule has 2 aromatic carbocycles. The van der Waals surface area contributed by atoms with Crippen LogP contribution in [-0.2, 0) is 20.0 Å². The summed E-state index contributed by atoms with van der Waals surface area (Å²) in [5.41, 5.74) is 0.434. The number of para-hydroxylation sites is 1. The van der Waals surface area contributed by atoms with Gasteiger partial charge in [0.2, 0.25) is 20.0 Å².